The van der Waals surface area contributed by atoms with Gasteiger partial charge in [0.15, 0.2) is 0 Å². The number of rotatable bonds is 2. The fourth-order valence-electron chi connectivity index (χ4n) is 1.90. The Morgan fingerprint density at radius 3 is 3.45 bits per heavy atom. The Kier molecular flexibility index (Phi) is 1.70. The lowest BCUT2D eigenvalue weighted by Gasteiger charge is -2.06. The minimum atomic E-state index is 0.745. The second-order valence-electron chi connectivity index (χ2n) is 3.17. The van der Waals surface area contributed by atoms with Crippen LogP contribution in [0.1, 0.15) is 18.0 Å². The molecular weight excluding hydrogens is 136 g/mol. The normalized spacial score (nSPS) is 22.1. The number of nitrogens with one attached hydrogen (secondary N) is 1. The summed E-state index contributed by atoms with van der Waals surface area (Å²) in [6, 6.07) is 4.37. The number of hydrogen-bond acceptors (Lipinski definition) is 1. The van der Waals surface area contributed by atoms with E-state index in [9.17, 15) is 0 Å². The van der Waals surface area contributed by atoms with Crippen LogP contribution in [0.4, 0.5) is 0 Å². The summed E-state index contributed by atoms with van der Waals surface area (Å²) in [7, 11) is 2.02. The van der Waals surface area contributed by atoms with Crippen LogP contribution in [0.15, 0.2) is 18.3 Å². The maximum atomic E-state index is 3.23. The van der Waals surface area contributed by atoms with Gasteiger partial charge in [-0.15, -0.1) is 0 Å². The number of hydrogen-bond donors (Lipinski definition) is 1. The van der Waals surface area contributed by atoms with Crippen LogP contribution in [0.2, 0.25) is 0 Å². The smallest absolute Gasteiger partial charge is 0.0229 e. The SMILES string of the molecule is CNCC1CCn2cccc21. The third-order valence-electron chi connectivity index (χ3n) is 2.45. The highest BCUT2D eigenvalue weighted by Gasteiger charge is 2.20. The fraction of sp³-hybridized carbons (Fsp3) is 0.556. The van der Waals surface area contributed by atoms with E-state index in [1.807, 2.05) is 7.05 Å². The first-order valence-electron chi connectivity index (χ1n) is 4.21. The molecule has 2 heterocycles. The third kappa shape index (κ3) is 1.07. The van der Waals surface area contributed by atoms with Gasteiger partial charge in [0.2, 0.25) is 0 Å². The minimum Gasteiger partial charge on any atom is -0.351 e. The summed E-state index contributed by atoms with van der Waals surface area (Å²) in [5.74, 6) is 0.745. The zero-order valence-electron chi connectivity index (χ0n) is 6.88. The van der Waals surface area contributed by atoms with Crippen LogP contribution in [0.5, 0.6) is 0 Å². The van der Waals surface area contributed by atoms with Gasteiger partial charge < -0.3 is 9.88 Å². The zero-order valence-corrected chi connectivity index (χ0v) is 6.88. The average Bonchev–Trinajstić information content (AvgIpc) is 2.53. The number of nitrogens with zero attached hydrogens (tertiary/aromatic N) is 1. The van der Waals surface area contributed by atoms with Crippen molar-refractivity contribution in [3.63, 3.8) is 0 Å². The number of aromatic nitrogens is 1. The summed E-state index contributed by atoms with van der Waals surface area (Å²) in [5, 5.41) is 3.23. The molecular formula is C9H14N2. The Morgan fingerprint density at radius 1 is 1.73 bits per heavy atom. The van der Waals surface area contributed by atoms with Crippen molar-refractivity contribution in [2.75, 3.05) is 13.6 Å². The van der Waals surface area contributed by atoms with E-state index in [1.165, 1.54) is 18.7 Å². The van der Waals surface area contributed by atoms with Gasteiger partial charge >= 0.3 is 0 Å². The van der Waals surface area contributed by atoms with Crippen molar-refractivity contribution >= 4 is 0 Å². The van der Waals surface area contributed by atoms with Crippen LogP contribution < -0.4 is 5.32 Å². The van der Waals surface area contributed by atoms with Gasteiger partial charge in [-0.3, -0.25) is 0 Å². The van der Waals surface area contributed by atoms with Crippen LogP contribution in [-0.4, -0.2) is 18.2 Å². The summed E-state index contributed by atoms with van der Waals surface area (Å²) in [6.45, 7) is 2.32. The largest absolute Gasteiger partial charge is 0.351 e. The van der Waals surface area contributed by atoms with E-state index >= 15 is 0 Å². The first-order valence-corrected chi connectivity index (χ1v) is 4.21. The minimum absolute atomic E-state index is 0.745. The van der Waals surface area contributed by atoms with Gasteiger partial charge in [0, 0.05) is 30.9 Å². The number of likely N-dealkylation sites (N-methyl/N-ethyl adjacent to an activating group) is 1. The Morgan fingerprint density at radius 2 is 2.64 bits per heavy atom. The lowest BCUT2D eigenvalue weighted by atomic mass is 10.1. The van der Waals surface area contributed by atoms with E-state index in [-0.39, 0.29) is 0 Å². The summed E-state index contributed by atoms with van der Waals surface area (Å²) < 4.78 is 2.35. The monoisotopic (exact) mass is 150 g/mol. The molecule has 2 heteroatoms. The molecule has 60 valence electrons. The maximum absolute atomic E-state index is 3.23. The molecule has 1 aromatic rings. The van der Waals surface area contributed by atoms with Crippen molar-refractivity contribution in [1.82, 2.24) is 9.88 Å². The highest BCUT2D eigenvalue weighted by Crippen LogP contribution is 2.26. The second-order valence-corrected chi connectivity index (χ2v) is 3.17. The molecule has 2 rings (SSSR count). The Balaban J connectivity index is 2.18. The van der Waals surface area contributed by atoms with E-state index in [2.05, 4.69) is 28.2 Å². The molecule has 1 N–H and O–H groups in total. The second kappa shape index (κ2) is 2.70. The molecule has 1 aromatic heterocycles. The molecule has 1 aliphatic heterocycles. The van der Waals surface area contributed by atoms with E-state index in [0.29, 0.717) is 0 Å². The van der Waals surface area contributed by atoms with Gasteiger partial charge in [-0.1, -0.05) is 0 Å². The predicted molar refractivity (Wildman–Crippen MR) is 45.7 cm³/mol. The van der Waals surface area contributed by atoms with Crippen LogP contribution in [0.25, 0.3) is 0 Å². The molecule has 0 amide bonds. The van der Waals surface area contributed by atoms with Crippen molar-refractivity contribution in [2.24, 2.45) is 0 Å². The molecule has 0 fully saturated rings. The summed E-state index contributed by atoms with van der Waals surface area (Å²) in [4.78, 5) is 0. The van der Waals surface area contributed by atoms with E-state index < -0.39 is 0 Å². The van der Waals surface area contributed by atoms with Gasteiger partial charge in [0.05, 0.1) is 0 Å². The molecule has 1 unspecified atom stereocenters. The molecule has 11 heavy (non-hydrogen) atoms. The van der Waals surface area contributed by atoms with Gasteiger partial charge in [-0.25, -0.2) is 0 Å². The molecule has 0 aliphatic carbocycles. The zero-order chi connectivity index (χ0) is 7.68. The molecule has 0 saturated heterocycles. The topological polar surface area (TPSA) is 17.0 Å². The van der Waals surface area contributed by atoms with Crippen molar-refractivity contribution in [3.05, 3.63) is 24.0 Å². The van der Waals surface area contributed by atoms with Crippen LogP contribution in [0, 0.1) is 0 Å². The molecule has 2 nitrogen and oxygen atoms in total. The third-order valence-corrected chi connectivity index (χ3v) is 2.45. The number of fused-ring (bicyclic) bond motifs is 1. The molecule has 0 bridgehead atoms. The molecule has 1 aliphatic rings. The first kappa shape index (κ1) is 6.92. The molecule has 1 atom stereocenters. The van der Waals surface area contributed by atoms with Crippen molar-refractivity contribution < 1.29 is 0 Å². The van der Waals surface area contributed by atoms with Gasteiger partial charge in [-0.05, 0) is 25.6 Å². The highest BCUT2D eigenvalue weighted by atomic mass is 15.0. The van der Waals surface area contributed by atoms with Gasteiger partial charge in [0.25, 0.3) is 0 Å². The van der Waals surface area contributed by atoms with Crippen molar-refractivity contribution in [3.8, 4) is 0 Å². The van der Waals surface area contributed by atoms with Crippen LogP contribution >= 0.6 is 0 Å². The van der Waals surface area contributed by atoms with Crippen LogP contribution in [0.3, 0.4) is 0 Å². The summed E-state index contributed by atoms with van der Waals surface area (Å²) >= 11 is 0. The van der Waals surface area contributed by atoms with Crippen molar-refractivity contribution in [2.45, 2.75) is 18.9 Å². The summed E-state index contributed by atoms with van der Waals surface area (Å²) in [6.07, 6.45) is 3.47. The molecule has 0 radical (unpaired) electrons. The predicted octanol–water partition coefficient (Wildman–Crippen LogP) is 1.19. The quantitative estimate of drug-likeness (QED) is 0.670. The molecule has 0 aromatic carbocycles. The van der Waals surface area contributed by atoms with Gasteiger partial charge in [-0.2, -0.15) is 0 Å². The standard InChI is InChI=1S/C9H14N2/c1-10-7-8-4-6-11-5-2-3-9(8)11/h2-3,5,8,10H,4,6-7H2,1H3. The summed E-state index contributed by atoms with van der Waals surface area (Å²) in [5.41, 5.74) is 1.50. The van der Waals surface area contributed by atoms with Crippen molar-refractivity contribution in [1.29, 1.82) is 0 Å². The molecule has 0 spiro atoms. The maximum Gasteiger partial charge on any atom is 0.0229 e. The van der Waals surface area contributed by atoms with Crippen LogP contribution in [-0.2, 0) is 6.54 Å². The Bertz CT molecular complexity index is 239. The lowest BCUT2D eigenvalue weighted by molar-refractivity contribution is 0.617. The van der Waals surface area contributed by atoms with E-state index in [4.69, 9.17) is 0 Å². The van der Waals surface area contributed by atoms with E-state index in [0.717, 1.165) is 12.5 Å². The Hall–Kier alpha value is -0.760. The number of aryl methyl sites for hydroxylation is 1. The van der Waals surface area contributed by atoms with Gasteiger partial charge in [0.1, 0.15) is 0 Å². The molecule has 0 saturated carbocycles. The fourth-order valence-corrected chi connectivity index (χ4v) is 1.90. The highest BCUT2D eigenvalue weighted by molar-refractivity contribution is 5.16. The average molecular weight is 150 g/mol. The lowest BCUT2D eigenvalue weighted by Crippen LogP contribution is -2.14. The first-order chi connectivity index (χ1) is 5.42. The van der Waals surface area contributed by atoms with E-state index in [1.54, 1.807) is 0 Å². The Labute approximate surface area is 67.2 Å².